The Labute approximate surface area is 167 Å². The van der Waals surface area contributed by atoms with Crippen LogP contribution in [0.15, 0.2) is 24.3 Å². The molecule has 0 aliphatic rings. The number of carbonyl (C=O) groups is 4. The average Bonchev–Trinajstić information content (AvgIpc) is 2.40. The first-order chi connectivity index (χ1) is 10.8. The van der Waals surface area contributed by atoms with Crippen LogP contribution in [0.5, 0.6) is 0 Å². The molecule has 0 amide bonds. The Morgan fingerprint density at radius 2 is 0.840 bits per heavy atom. The molecule has 0 saturated carbocycles. The van der Waals surface area contributed by atoms with E-state index in [1.807, 2.05) is 0 Å². The molecule has 0 heterocycles. The van der Waals surface area contributed by atoms with Crippen LogP contribution in [0.2, 0.25) is 0 Å². The standard InChI is InChI=1S/2C4H6O2.2C4H8O2.Zr/c2*1-3(2)4(5)6;2*1-2-3-4(5)6;/h2*1H2,2H3,(H,5,6);2*2-3H2,1H3,(H,5,6);/q;;;;+4/p-4. The quantitative estimate of drug-likeness (QED) is 0.421. The summed E-state index contributed by atoms with van der Waals surface area (Å²) >= 11 is 0. The maximum atomic E-state index is 9.49. The molecule has 0 aromatic carbocycles. The number of carbonyl (C=O) groups excluding carboxylic acids is 4. The number of carboxylic acid groups (broad SMARTS) is 4. The van der Waals surface area contributed by atoms with Crippen LogP contribution in [-0.2, 0) is 45.4 Å². The SMILES string of the molecule is C=C(C)C(=O)[O-].C=C(C)C(=O)[O-].CCCC(=O)[O-].CCCC(=O)[O-].[Zr+4]. The van der Waals surface area contributed by atoms with E-state index in [9.17, 15) is 39.6 Å². The van der Waals surface area contributed by atoms with E-state index in [-0.39, 0.29) is 50.2 Å². The van der Waals surface area contributed by atoms with Gasteiger partial charge in [0.25, 0.3) is 0 Å². The molecule has 25 heavy (non-hydrogen) atoms. The number of carboxylic acids is 4. The molecule has 0 aliphatic carbocycles. The van der Waals surface area contributed by atoms with Crippen molar-refractivity contribution in [2.75, 3.05) is 0 Å². The van der Waals surface area contributed by atoms with Gasteiger partial charge in [-0.3, -0.25) is 0 Å². The molecule has 140 valence electrons. The van der Waals surface area contributed by atoms with Crippen LogP contribution in [0, 0.1) is 0 Å². The monoisotopic (exact) mass is 434 g/mol. The third kappa shape index (κ3) is 60.8. The van der Waals surface area contributed by atoms with Crippen molar-refractivity contribution in [3.63, 3.8) is 0 Å². The third-order valence-electron chi connectivity index (χ3n) is 1.61. The normalized spacial score (nSPS) is 7.52. The van der Waals surface area contributed by atoms with Crippen molar-refractivity contribution in [1.29, 1.82) is 0 Å². The van der Waals surface area contributed by atoms with Gasteiger partial charge in [-0.15, -0.1) is 0 Å². The zero-order valence-corrected chi connectivity index (χ0v) is 17.5. The van der Waals surface area contributed by atoms with Gasteiger partial charge in [-0.2, -0.15) is 0 Å². The molecular formula is C16H24O8Zr. The molecule has 0 bridgehead atoms. The summed E-state index contributed by atoms with van der Waals surface area (Å²) in [6.07, 6.45) is 1.70. The summed E-state index contributed by atoms with van der Waals surface area (Å²) in [7, 11) is 0. The van der Waals surface area contributed by atoms with Gasteiger partial charge in [0, 0.05) is 11.9 Å². The molecule has 0 atom stereocenters. The van der Waals surface area contributed by atoms with Crippen LogP contribution in [0.4, 0.5) is 0 Å². The van der Waals surface area contributed by atoms with Gasteiger partial charge in [0.2, 0.25) is 0 Å². The van der Waals surface area contributed by atoms with E-state index in [0.717, 1.165) is 0 Å². The summed E-state index contributed by atoms with van der Waals surface area (Å²) in [6.45, 7) is 12.6. The summed E-state index contributed by atoms with van der Waals surface area (Å²) in [6, 6.07) is 0. The first-order valence-corrected chi connectivity index (χ1v) is 6.96. The van der Waals surface area contributed by atoms with Crippen molar-refractivity contribution in [3.8, 4) is 0 Å². The van der Waals surface area contributed by atoms with Crippen molar-refractivity contribution in [2.24, 2.45) is 0 Å². The first-order valence-electron chi connectivity index (χ1n) is 6.96. The van der Waals surface area contributed by atoms with Crippen molar-refractivity contribution in [2.45, 2.75) is 53.4 Å². The number of aliphatic carboxylic acids is 4. The molecular weight excluding hydrogens is 411 g/mol. The van der Waals surface area contributed by atoms with Crippen LogP contribution < -0.4 is 20.4 Å². The first kappa shape index (κ1) is 34.6. The topological polar surface area (TPSA) is 161 Å². The van der Waals surface area contributed by atoms with Gasteiger partial charge in [0.05, 0.1) is 11.9 Å². The zero-order chi connectivity index (χ0) is 20.3. The van der Waals surface area contributed by atoms with Crippen molar-refractivity contribution < 1.29 is 65.8 Å². The summed E-state index contributed by atoms with van der Waals surface area (Å²) in [5, 5.41) is 38.0. The zero-order valence-electron chi connectivity index (χ0n) is 15.0. The van der Waals surface area contributed by atoms with Gasteiger partial charge in [0.15, 0.2) is 0 Å². The molecule has 0 aromatic heterocycles. The Balaban J connectivity index is -0.0000000702. The maximum absolute atomic E-state index is 9.49. The molecule has 0 aromatic rings. The third-order valence-corrected chi connectivity index (χ3v) is 1.61. The van der Waals surface area contributed by atoms with Gasteiger partial charge in [-0.1, -0.05) is 39.8 Å². The van der Waals surface area contributed by atoms with Crippen molar-refractivity contribution >= 4 is 23.9 Å². The van der Waals surface area contributed by atoms with Gasteiger partial charge in [-0.05, 0) is 37.8 Å². The summed E-state index contributed by atoms with van der Waals surface area (Å²) < 4.78 is 0. The maximum Gasteiger partial charge on any atom is 4.00 e. The second-order valence-corrected chi connectivity index (χ2v) is 4.38. The molecule has 0 fully saturated rings. The molecule has 0 rings (SSSR count). The minimum Gasteiger partial charge on any atom is -0.550 e. The minimum absolute atomic E-state index is 0. The Morgan fingerprint density at radius 1 is 0.680 bits per heavy atom. The Bertz CT molecular complexity index is 366. The van der Waals surface area contributed by atoms with E-state index < -0.39 is 23.9 Å². The van der Waals surface area contributed by atoms with E-state index in [4.69, 9.17) is 0 Å². The van der Waals surface area contributed by atoms with Gasteiger partial charge in [0.1, 0.15) is 0 Å². The Morgan fingerprint density at radius 3 is 0.840 bits per heavy atom. The van der Waals surface area contributed by atoms with Crippen LogP contribution >= 0.6 is 0 Å². The molecule has 0 aliphatic heterocycles. The van der Waals surface area contributed by atoms with Crippen LogP contribution in [0.25, 0.3) is 0 Å². The molecule has 0 radical (unpaired) electrons. The largest absolute Gasteiger partial charge is 4.00 e. The van der Waals surface area contributed by atoms with Crippen LogP contribution in [0.3, 0.4) is 0 Å². The Kier molecular flexibility index (Phi) is 33.9. The second-order valence-electron chi connectivity index (χ2n) is 4.38. The van der Waals surface area contributed by atoms with Crippen LogP contribution in [0.1, 0.15) is 53.4 Å². The summed E-state index contributed by atoms with van der Waals surface area (Å²) in [4.78, 5) is 38.0. The summed E-state index contributed by atoms with van der Waals surface area (Å²) in [5.74, 6) is -4.29. The van der Waals surface area contributed by atoms with E-state index in [1.54, 1.807) is 13.8 Å². The second kappa shape index (κ2) is 24.5. The van der Waals surface area contributed by atoms with Gasteiger partial charge < -0.3 is 39.6 Å². The van der Waals surface area contributed by atoms with Gasteiger partial charge in [-0.25, -0.2) is 0 Å². The Hall–Kier alpha value is -1.76. The fourth-order valence-electron chi connectivity index (χ4n) is 0.408. The molecule has 9 heteroatoms. The smallest absolute Gasteiger partial charge is 0.550 e. The number of hydrogen-bond donors (Lipinski definition) is 0. The van der Waals surface area contributed by atoms with Crippen LogP contribution in [-0.4, -0.2) is 23.9 Å². The van der Waals surface area contributed by atoms with E-state index in [2.05, 4.69) is 13.2 Å². The number of hydrogen-bond acceptors (Lipinski definition) is 8. The van der Waals surface area contributed by atoms with Gasteiger partial charge >= 0.3 is 26.2 Å². The number of rotatable bonds is 6. The predicted octanol–water partition coefficient (Wildman–Crippen LogP) is -2.30. The fraction of sp³-hybridized carbons (Fsp3) is 0.500. The van der Waals surface area contributed by atoms with E-state index in [0.29, 0.717) is 12.8 Å². The van der Waals surface area contributed by atoms with E-state index in [1.165, 1.54) is 13.8 Å². The molecule has 8 nitrogen and oxygen atoms in total. The minimum atomic E-state index is -1.19. The predicted molar refractivity (Wildman–Crippen MR) is 79.5 cm³/mol. The molecule has 0 spiro atoms. The fourth-order valence-corrected chi connectivity index (χ4v) is 0.408. The average molecular weight is 436 g/mol. The molecule has 0 saturated heterocycles. The van der Waals surface area contributed by atoms with Crippen molar-refractivity contribution in [3.05, 3.63) is 24.3 Å². The van der Waals surface area contributed by atoms with E-state index >= 15 is 0 Å². The molecule has 0 N–H and O–H groups in total. The molecule has 0 unspecified atom stereocenters. The summed E-state index contributed by atoms with van der Waals surface area (Å²) in [5.41, 5.74) is 0.130. The van der Waals surface area contributed by atoms with Crippen molar-refractivity contribution in [1.82, 2.24) is 0 Å².